The third kappa shape index (κ3) is 2.95. The van der Waals surface area contributed by atoms with E-state index in [1.54, 1.807) is 42.6 Å². The van der Waals surface area contributed by atoms with Crippen LogP contribution < -0.4 is 5.32 Å². The van der Waals surface area contributed by atoms with Gasteiger partial charge in [-0.15, -0.1) is 5.10 Å². The fraction of sp³-hybridized carbons (Fsp3) is 0. The van der Waals surface area contributed by atoms with Gasteiger partial charge in [0.15, 0.2) is 5.15 Å². The van der Waals surface area contributed by atoms with Crippen LogP contribution in [0.25, 0.3) is 5.69 Å². The van der Waals surface area contributed by atoms with E-state index in [1.807, 2.05) is 12.1 Å². The molecule has 0 fully saturated rings. The lowest BCUT2D eigenvalue weighted by Crippen LogP contribution is -2.14. The molecular formula is C15H10Cl2N4O. The molecule has 2 aromatic carbocycles. The van der Waals surface area contributed by atoms with Crippen molar-refractivity contribution in [1.29, 1.82) is 0 Å². The molecule has 0 aliphatic heterocycles. The SMILES string of the molecule is O=C(Nc1ccccc1-n1cc(Cl)nn1)c1ccccc1Cl. The van der Waals surface area contributed by atoms with E-state index in [-0.39, 0.29) is 11.1 Å². The van der Waals surface area contributed by atoms with Gasteiger partial charge in [0.2, 0.25) is 0 Å². The Morgan fingerprint density at radius 1 is 1.05 bits per heavy atom. The molecular weight excluding hydrogens is 323 g/mol. The average Bonchev–Trinajstić information content (AvgIpc) is 2.94. The maximum atomic E-state index is 12.4. The number of hydrogen-bond acceptors (Lipinski definition) is 3. The Kier molecular flexibility index (Phi) is 4.09. The highest BCUT2D eigenvalue weighted by Crippen LogP contribution is 2.22. The van der Waals surface area contributed by atoms with Gasteiger partial charge < -0.3 is 5.32 Å². The number of amides is 1. The number of benzene rings is 2. The van der Waals surface area contributed by atoms with Crippen LogP contribution in [0.15, 0.2) is 54.7 Å². The molecule has 1 aromatic heterocycles. The molecule has 0 bridgehead atoms. The second kappa shape index (κ2) is 6.17. The van der Waals surface area contributed by atoms with Crippen molar-refractivity contribution in [3.8, 4) is 5.69 Å². The zero-order valence-electron chi connectivity index (χ0n) is 11.2. The van der Waals surface area contributed by atoms with Crippen molar-refractivity contribution in [2.24, 2.45) is 0 Å². The molecule has 0 aliphatic rings. The van der Waals surface area contributed by atoms with E-state index in [4.69, 9.17) is 23.2 Å². The summed E-state index contributed by atoms with van der Waals surface area (Å²) in [7, 11) is 0. The average molecular weight is 333 g/mol. The van der Waals surface area contributed by atoms with Crippen molar-refractivity contribution in [1.82, 2.24) is 15.0 Å². The molecule has 0 atom stereocenters. The van der Waals surface area contributed by atoms with E-state index in [0.717, 1.165) is 0 Å². The maximum Gasteiger partial charge on any atom is 0.257 e. The molecule has 3 aromatic rings. The molecule has 0 saturated heterocycles. The van der Waals surface area contributed by atoms with Crippen LogP contribution in [0.2, 0.25) is 10.2 Å². The lowest BCUT2D eigenvalue weighted by Gasteiger charge is -2.11. The molecule has 0 saturated carbocycles. The molecule has 0 unspecified atom stereocenters. The van der Waals surface area contributed by atoms with E-state index in [9.17, 15) is 4.79 Å². The van der Waals surface area contributed by atoms with Gasteiger partial charge in [0.1, 0.15) is 0 Å². The molecule has 1 N–H and O–H groups in total. The maximum absolute atomic E-state index is 12.4. The molecule has 0 aliphatic carbocycles. The molecule has 22 heavy (non-hydrogen) atoms. The van der Waals surface area contributed by atoms with Crippen molar-refractivity contribution < 1.29 is 4.79 Å². The normalized spacial score (nSPS) is 10.5. The highest BCUT2D eigenvalue weighted by molar-refractivity contribution is 6.34. The number of nitrogens with one attached hydrogen (secondary N) is 1. The zero-order valence-corrected chi connectivity index (χ0v) is 12.7. The fourth-order valence-electron chi connectivity index (χ4n) is 1.98. The highest BCUT2D eigenvalue weighted by atomic mass is 35.5. The van der Waals surface area contributed by atoms with Crippen LogP contribution in [-0.4, -0.2) is 20.9 Å². The number of halogens is 2. The van der Waals surface area contributed by atoms with Crippen LogP contribution in [-0.2, 0) is 0 Å². The van der Waals surface area contributed by atoms with E-state index >= 15 is 0 Å². The third-order valence-corrected chi connectivity index (χ3v) is 3.49. The summed E-state index contributed by atoms with van der Waals surface area (Å²) < 4.78 is 1.49. The quantitative estimate of drug-likeness (QED) is 0.792. The van der Waals surface area contributed by atoms with E-state index in [1.165, 1.54) is 4.68 Å². The first-order valence-corrected chi connectivity index (χ1v) is 7.14. The number of carbonyl (C=O) groups is 1. The number of nitrogens with zero attached hydrogens (tertiary/aromatic N) is 3. The summed E-state index contributed by atoms with van der Waals surface area (Å²) in [4.78, 5) is 12.4. The predicted octanol–water partition coefficient (Wildman–Crippen LogP) is 3.83. The van der Waals surface area contributed by atoms with Crippen molar-refractivity contribution in [3.63, 3.8) is 0 Å². The molecule has 5 nitrogen and oxygen atoms in total. The Labute approximate surface area is 136 Å². The van der Waals surface area contributed by atoms with Gasteiger partial charge in [0.05, 0.1) is 28.2 Å². The number of para-hydroxylation sites is 2. The lowest BCUT2D eigenvalue weighted by atomic mass is 10.2. The van der Waals surface area contributed by atoms with Gasteiger partial charge in [-0.3, -0.25) is 4.79 Å². The lowest BCUT2D eigenvalue weighted by molar-refractivity contribution is 0.102. The Morgan fingerprint density at radius 2 is 1.77 bits per heavy atom. The van der Waals surface area contributed by atoms with Crippen molar-refractivity contribution in [2.45, 2.75) is 0 Å². The first-order chi connectivity index (χ1) is 10.6. The minimum atomic E-state index is -0.302. The molecule has 3 rings (SSSR count). The first kappa shape index (κ1) is 14.6. The Bertz CT molecular complexity index is 832. The number of hydrogen-bond donors (Lipinski definition) is 1. The summed E-state index contributed by atoms with van der Waals surface area (Å²) in [5.41, 5.74) is 1.63. The van der Waals surface area contributed by atoms with Gasteiger partial charge in [0.25, 0.3) is 5.91 Å². The van der Waals surface area contributed by atoms with Crippen LogP contribution in [0.4, 0.5) is 5.69 Å². The summed E-state index contributed by atoms with van der Waals surface area (Å²) in [6.45, 7) is 0. The Hall–Kier alpha value is -2.37. The first-order valence-electron chi connectivity index (χ1n) is 6.38. The second-order valence-electron chi connectivity index (χ2n) is 4.44. The van der Waals surface area contributed by atoms with Gasteiger partial charge in [-0.2, -0.15) is 0 Å². The fourth-order valence-corrected chi connectivity index (χ4v) is 2.32. The monoisotopic (exact) mass is 332 g/mol. The summed E-state index contributed by atoms with van der Waals surface area (Å²) in [6.07, 6.45) is 1.56. The van der Waals surface area contributed by atoms with Crippen molar-refractivity contribution in [2.75, 3.05) is 5.32 Å². The molecule has 1 amide bonds. The van der Waals surface area contributed by atoms with Gasteiger partial charge in [-0.1, -0.05) is 52.7 Å². The van der Waals surface area contributed by atoms with Crippen LogP contribution in [0.1, 0.15) is 10.4 Å². The number of carbonyl (C=O) groups excluding carboxylic acids is 1. The van der Waals surface area contributed by atoms with Gasteiger partial charge in [-0.05, 0) is 24.3 Å². The van der Waals surface area contributed by atoms with Gasteiger partial charge >= 0.3 is 0 Å². The second-order valence-corrected chi connectivity index (χ2v) is 5.23. The summed E-state index contributed by atoms with van der Waals surface area (Å²) in [5, 5.41) is 11.1. The minimum absolute atomic E-state index is 0.271. The third-order valence-electron chi connectivity index (χ3n) is 2.98. The van der Waals surface area contributed by atoms with Crippen molar-refractivity contribution >= 4 is 34.8 Å². The molecule has 1 heterocycles. The standard InChI is InChI=1S/C15H10Cl2N4O/c16-11-6-2-1-5-10(11)15(22)18-12-7-3-4-8-13(12)21-9-14(17)19-20-21/h1-9H,(H,18,22). The van der Waals surface area contributed by atoms with Crippen LogP contribution in [0.3, 0.4) is 0 Å². The Morgan fingerprint density at radius 3 is 2.50 bits per heavy atom. The topological polar surface area (TPSA) is 59.8 Å². The minimum Gasteiger partial charge on any atom is -0.320 e. The van der Waals surface area contributed by atoms with Crippen LogP contribution in [0, 0.1) is 0 Å². The number of anilines is 1. The smallest absolute Gasteiger partial charge is 0.257 e. The number of aromatic nitrogens is 3. The van der Waals surface area contributed by atoms with Crippen LogP contribution >= 0.6 is 23.2 Å². The van der Waals surface area contributed by atoms with E-state index < -0.39 is 0 Å². The van der Waals surface area contributed by atoms with Crippen molar-refractivity contribution in [3.05, 3.63) is 70.5 Å². The zero-order chi connectivity index (χ0) is 15.5. The highest BCUT2D eigenvalue weighted by Gasteiger charge is 2.13. The van der Waals surface area contributed by atoms with E-state index in [2.05, 4.69) is 15.6 Å². The van der Waals surface area contributed by atoms with Gasteiger partial charge in [0, 0.05) is 0 Å². The molecule has 7 heteroatoms. The van der Waals surface area contributed by atoms with Gasteiger partial charge in [-0.25, -0.2) is 4.68 Å². The summed E-state index contributed by atoms with van der Waals surface area (Å²) in [6, 6.07) is 14.0. The predicted molar refractivity (Wildman–Crippen MR) is 85.8 cm³/mol. The van der Waals surface area contributed by atoms with Crippen LogP contribution in [0.5, 0.6) is 0 Å². The molecule has 110 valence electrons. The molecule has 0 spiro atoms. The van der Waals surface area contributed by atoms with E-state index in [0.29, 0.717) is 22.0 Å². The Balaban J connectivity index is 1.93. The summed E-state index contributed by atoms with van der Waals surface area (Å²) >= 11 is 11.8. The number of rotatable bonds is 3. The molecule has 0 radical (unpaired) electrons. The summed E-state index contributed by atoms with van der Waals surface area (Å²) in [5.74, 6) is -0.302. The largest absolute Gasteiger partial charge is 0.320 e.